The quantitative estimate of drug-likeness (QED) is 0.889. The van der Waals surface area contributed by atoms with Gasteiger partial charge in [0.2, 0.25) is 0 Å². The minimum atomic E-state index is -0.209. The summed E-state index contributed by atoms with van der Waals surface area (Å²) in [4.78, 5) is 12.1. The molecule has 1 fully saturated rings. The fourth-order valence-corrected chi connectivity index (χ4v) is 2.56. The number of hydrogen-bond donors (Lipinski definition) is 2. The minimum absolute atomic E-state index is 0.209. The van der Waals surface area contributed by atoms with Gasteiger partial charge in [-0.05, 0) is 25.0 Å². The van der Waals surface area contributed by atoms with Crippen LogP contribution in [0.15, 0.2) is 18.2 Å². The Morgan fingerprint density at radius 3 is 2.25 bits per heavy atom. The molecule has 110 valence electrons. The third kappa shape index (κ3) is 3.56. The zero-order valence-electron chi connectivity index (χ0n) is 12.1. The molecular formula is C15H22N2O3. The maximum atomic E-state index is 12.1. The minimum Gasteiger partial charge on any atom is -0.494 e. The van der Waals surface area contributed by atoms with Crippen molar-refractivity contribution in [3.8, 4) is 11.5 Å². The van der Waals surface area contributed by atoms with Crippen LogP contribution in [0.1, 0.15) is 32.1 Å². The zero-order valence-corrected chi connectivity index (χ0v) is 12.1. The van der Waals surface area contributed by atoms with Gasteiger partial charge in [-0.25, -0.2) is 4.79 Å². The summed E-state index contributed by atoms with van der Waals surface area (Å²) < 4.78 is 10.5. The van der Waals surface area contributed by atoms with Crippen molar-refractivity contribution in [1.82, 2.24) is 5.32 Å². The highest BCUT2D eigenvalue weighted by atomic mass is 16.5. The van der Waals surface area contributed by atoms with E-state index >= 15 is 0 Å². The predicted octanol–water partition coefficient (Wildman–Crippen LogP) is 3.16. The Bertz CT molecular complexity index is 434. The number of amides is 2. The van der Waals surface area contributed by atoms with Crippen LogP contribution < -0.4 is 20.1 Å². The fourth-order valence-electron chi connectivity index (χ4n) is 2.56. The largest absolute Gasteiger partial charge is 0.494 e. The van der Waals surface area contributed by atoms with Gasteiger partial charge in [0.25, 0.3) is 0 Å². The van der Waals surface area contributed by atoms with Crippen LogP contribution >= 0.6 is 0 Å². The van der Waals surface area contributed by atoms with Crippen molar-refractivity contribution in [2.24, 2.45) is 0 Å². The van der Waals surface area contributed by atoms with Crippen LogP contribution in [0.4, 0.5) is 10.5 Å². The van der Waals surface area contributed by atoms with E-state index in [1.165, 1.54) is 19.3 Å². The van der Waals surface area contributed by atoms with Gasteiger partial charge in [0.05, 0.1) is 14.2 Å². The van der Waals surface area contributed by atoms with E-state index in [0.29, 0.717) is 17.2 Å². The maximum absolute atomic E-state index is 12.1. The van der Waals surface area contributed by atoms with Crippen molar-refractivity contribution in [3.05, 3.63) is 18.2 Å². The molecule has 0 bridgehead atoms. The lowest BCUT2D eigenvalue weighted by Crippen LogP contribution is -2.39. The summed E-state index contributed by atoms with van der Waals surface area (Å²) in [6.45, 7) is 0. The van der Waals surface area contributed by atoms with Crippen LogP contribution in [0.3, 0.4) is 0 Å². The van der Waals surface area contributed by atoms with Gasteiger partial charge in [-0.2, -0.15) is 0 Å². The summed E-state index contributed by atoms with van der Waals surface area (Å²) in [5.41, 5.74) is 0.561. The summed E-state index contributed by atoms with van der Waals surface area (Å²) in [7, 11) is 3.14. The second-order valence-corrected chi connectivity index (χ2v) is 4.97. The van der Waals surface area contributed by atoms with Gasteiger partial charge in [-0.3, -0.25) is 0 Å². The Kier molecular flexibility index (Phi) is 5.09. The second kappa shape index (κ2) is 7.03. The number of carbonyl (C=O) groups excluding carboxylic acids is 1. The number of urea groups is 1. The zero-order chi connectivity index (χ0) is 14.4. The lowest BCUT2D eigenvalue weighted by Gasteiger charge is -2.23. The van der Waals surface area contributed by atoms with Gasteiger partial charge in [-0.1, -0.05) is 25.3 Å². The summed E-state index contributed by atoms with van der Waals surface area (Å²) in [5, 5.41) is 5.84. The van der Waals surface area contributed by atoms with Crippen LogP contribution in [0.5, 0.6) is 11.5 Å². The van der Waals surface area contributed by atoms with Crippen LogP contribution in [0.25, 0.3) is 0 Å². The number of rotatable bonds is 4. The van der Waals surface area contributed by atoms with E-state index in [1.54, 1.807) is 26.4 Å². The lowest BCUT2D eigenvalue weighted by atomic mass is 9.96. The molecule has 0 saturated heterocycles. The Labute approximate surface area is 119 Å². The predicted molar refractivity (Wildman–Crippen MR) is 78.6 cm³/mol. The molecule has 5 nitrogen and oxygen atoms in total. The number of methoxy groups -OCH3 is 2. The Morgan fingerprint density at radius 1 is 1.10 bits per heavy atom. The molecule has 0 atom stereocenters. The molecule has 0 spiro atoms. The van der Waals surface area contributed by atoms with Crippen molar-refractivity contribution in [2.75, 3.05) is 19.5 Å². The highest BCUT2D eigenvalue weighted by Gasteiger charge is 2.18. The van der Waals surface area contributed by atoms with Crippen molar-refractivity contribution in [2.45, 2.75) is 38.1 Å². The first-order chi connectivity index (χ1) is 9.74. The highest BCUT2D eigenvalue weighted by Crippen LogP contribution is 2.34. The molecule has 0 heterocycles. The first-order valence-electron chi connectivity index (χ1n) is 7.03. The van der Waals surface area contributed by atoms with E-state index in [9.17, 15) is 4.79 Å². The van der Waals surface area contributed by atoms with Gasteiger partial charge >= 0.3 is 6.03 Å². The van der Waals surface area contributed by atoms with Crippen LogP contribution in [0.2, 0.25) is 0 Å². The van der Waals surface area contributed by atoms with Crippen molar-refractivity contribution < 1.29 is 14.3 Å². The molecule has 1 aromatic rings. The Balaban J connectivity index is 2.02. The number of benzene rings is 1. The molecule has 1 aliphatic carbocycles. The summed E-state index contributed by atoms with van der Waals surface area (Å²) >= 11 is 0. The van der Waals surface area contributed by atoms with Gasteiger partial charge < -0.3 is 20.1 Å². The monoisotopic (exact) mass is 278 g/mol. The average molecular weight is 278 g/mol. The molecule has 2 N–H and O–H groups in total. The van der Waals surface area contributed by atoms with Crippen LogP contribution in [-0.4, -0.2) is 26.3 Å². The Morgan fingerprint density at radius 2 is 1.70 bits per heavy atom. The number of anilines is 1. The van der Waals surface area contributed by atoms with E-state index in [0.717, 1.165) is 12.8 Å². The van der Waals surface area contributed by atoms with Crippen LogP contribution in [0, 0.1) is 0 Å². The maximum Gasteiger partial charge on any atom is 0.319 e. The average Bonchev–Trinajstić information content (AvgIpc) is 2.48. The van der Waals surface area contributed by atoms with Crippen molar-refractivity contribution in [3.63, 3.8) is 0 Å². The normalized spacial score (nSPS) is 15.5. The number of para-hydroxylation sites is 1. The molecule has 1 aliphatic rings. The number of hydrogen-bond acceptors (Lipinski definition) is 3. The summed E-state index contributed by atoms with van der Waals surface area (Å²) in [6.07, 6.45) is 5.74. The number of nitrogens with one attached hydrogen (secondary N) is 2. The molecule has 5 heteroatoms. The van der Waals surface area contributed by atoms with Gasteiger partial charge in [0.15, 0.2) is 0 Å². The SMILES string of the molecule is COc1cccc(OC)c1NC(=O)NC1CCCCC1. The highest BCUT2D eigenvalue weighted by molar-refractivity contribution is 5.93. The Hall–Kier alpha value is -1.91. The summed E-state index contributed by atoms with van der Waals surface area (Å²) in [6, 6.07) is 5.46. The molecule has 1 aromatic carbocycles. The van der Waals surface area contributed by atoms with Gasteiger partial charge in [0.1, 0.15) is 17.2 Å². The first kappa shape index (κ1) is 14.5. The molecule has 20 heavy (non-hydrogen) atoms. The van der Waals surface area contributed by atoms with E-state index in [2.05, 4.69) is 10.6 Å². The lowest BCUT2D eigenvalue weighted by molar-refractivity contribution is 0.244. The van der Waals surface area contributed by atoms with E-state index in [-0.39, 0.29) is 12.1 Å². The molecule has 0 radical (unpaired) electrons. The molecular weight excluding hydrogens is 256 g/mol. The van der Waals surface area contributed by atoms with E-state index in [4.69, 9.17) is 9.47 Å². The smallest absolute Gasteiger partial charge is 0.319 e. The number of ether oxygens (including phenoxy) is 2. The molecule has 0 unspecified atom stereocenters. The third-order valence-electron chi connectivity index (χ3n) is 3.61. The van der Waals surface area contributed by atoms with E-state index < -0.39 is 0 Å². The molecule has 0 aromatic heterocycles. The summed E-state index contributed by atoms with van der Waals surface area (Å²) in [5.74, 6) is 1.17. The topological polar surface area (TPSA) is 59.6 Å². The first-order valence-corrected chi connectivity index (χ1v) is 7.03. The third-order valence-corrected chi connectivity index (χ3v) is 3.61. The molecule has 2 rings (SSSR count). The standard InChI is InChI=1S/C15H22N2O3/c1-19-12-9-6-10-13(20-2)14(12)17-15(18)16-11-7-4-3-5-8-11/h6,9-11H,3-5,7-8H2,1-2H3,(H2,16,17,18). The van der Waals surface area contributed by atoms with Crippen molar-refractivity contribution in [1.29, 1.82) is 0 Å². The number of carbonyl (C=O) groups is 1. The van der Waals surface area contributed by atoms with Crippen LogP contribution in [-0.2, 0) is 0 Å². The van der Waals surface area contributed by atoms with Gasteiger partial charge in [-0.15, -0.1) is 0 Å². The molecule has 0 aliphatic heterocycles. The molecule has 2 amide bonds. The van der Waals surface area contributed by atoms with E-state index in [1.807, 2.05) is 6.07 Å². The second-order valence-electron chi connectivity index (χ2n) is 4.97. The van der Waals surface area contributed by atoms with Crippen molar-refractivity contribution >= 4 is 11.7 Å². The molecule has 1 saturated carbocycles. The fraction of sp³-hybridized carbons (Fsp3) is 0.533. The van der Waals surface area contributed by atoms with Gasteiger partial charge in [0, 0.05) is 6.04 Å².